The second kappa shape index (κ2) is 7.76. The molecule has 0 aliphatic heterocycles. The van der Waals surface area contributed by atoms with Crippen molar-refractivity contribution in [2.75, 3.05) is 14.2 Å². The molecule has 1 aromatic carbocycles. The number of amides is 1. The summed E-state index contributed by atoms with van der Waals surface area (Å²) in [5, 5.41) is 6.85. The molecule has 2 aromatic heterocycles. The van der Waals surface area contributed by atoms with Gasteiger partial charge < -0.3 is 14.8 Å². The molecule has 0 atom stereocenters. The normalized spacial score (nSPS) is 10.3. The fourth-order valence-corrected chi connectivity index (χ4v) is 3.10. The lowest BCUT2D eigenvalue weighted by Crippen LogP contribution is -2.24. The average Bonchev–Trinajstić information content (AvgIpc) is 3.20. The number of rotatable bonds is 6. The molecule has 0 saturated carbocycles. The zero-order chi connectivity index (χ0) is 17.6. The molecule has 128 valence electrons. The second-order valence-corrected chi connectivity index (χ2v) is 5.87. The van der Waals surface area contributed by atoms with Crippen LogP contribution in [0.1, 0.15) is 16.1 Å². The molecule has 0 saturated heterocycles. The number of methoxy groups -OCH3 is 2. The third kappa shape index (κ3) is 3.61. The summed E-state index contributed by atoms with van der Waals surface area (Å²) in [6.45, 7) is 0.262. The maximum Gasteiger partial charge on any atom is 0.255 e. The van der Waals surface area contributed by atoms with E-state index in [1.54, 1.807) is 41.9 Å². The molecule has 2 heterocycles. The van der Waals surface area contributed by atoms with Gasteiger partial charge in [-0.25, -0.2) is 0 Å². The predicted octanol–water partition coefficient (Wildman–Crippen LogP) is 3.15. The Kier molecular flexibility index (Phi) is 5.25. The number of hydrogen-bond donors (Lipinski definition) is 1. The van der Waals surface area contributed by atoms with Crippen LogP contribution in [-0.4, -0.2) is 30.1 Å². The number of carbonyl (C=O) groups excluding carboxylic acids is 1. The van der Waals surface area contributed by atoms with Crippen molar-refractivity contribution < 1.29 is 14.3 Å². The van der Waals surface area contributed by atoms with E-state index in [1.807, 2.05) is 16.8 Å². The maximum atomic E-state index is 12.6. The van der Waals surface area contributed by atoms with E-state index in [0.717, 1.165) is 11.3 Å². The van der Waals surface area contributed by atoms with Crippen LogP contribution >= 0.6 is 11.3 Å². The lowest BCUT2D eigenvalue weighted by molar-refractivity contribution is 0.0946. The van der Waals surface area contributed by atoms with Crippen LogP contribution in [0.2, 0.25) is 0 Å². The minimum atomic E-state index is -0.266. The van der Waals surface area contributed by atoms with Crippen LogP contribution in [0.4, 0.5) is 0 Å². The molecule has 0 fully saturated rings. The molecule has 0 aliphatic carbocycles. The molecule has 7 heteroatoms. The van der Waals surface area contributed by atoms with Gasteiger partial charge in [-0.05, 0) is 23.6 Å². The number of ether oxygens (including phenoxy) is 2. The van der Waals surface area contributed by atoms with E-state index in [4.69, 9.17) is 9.47 Å². The molecule has 0 aliphatic rings. The molecule has 6 nitrogen and oxygen atoms in total. The standard InChI is InChI=1S/C18H17N3O3S/c1-23-15-5-3-4-13(17(15)24-2)18(22)21-10-14-16(20-8-7-19-14)12-6-9-25-11-12/h3-9,11H,10H2,1-2H3,(H,21,22). The number of thiophene rings is 1. The minimum Gasteiger partial charge on any atom is -0.493 e. The molecular weight excluding hydrogens is 338 g/mol. The SMILES string of the molecule is COc1cccc(C(=O)NCc2nccnc2-c2ccsc2)c1OC. The Morgan fingerprint density at radius 2 is 2.00 bits per heavy atom. The summed E-state index contributed by atoms with van der Waals surface area (Å²) >= 11 is 1.59. The van der Waals surface area contributed by atoms with E-state index < -0.39 is 0 Å². The molecule has 25 heavy (non-hydrogen) atoms. The van der Waals surface area contributed by atoms with E-state index in [1.165, 1.54) is 14.2 Å². The van der Waals surface area contributed by atoms with Gasteiger partial charge in [0, 0.05) is 23.3 Å². The zero-order valence-corrected chi connectivity index (χ0v) is 14.7. The number of nitrogens with zero attached hydrogens (tertiary/aromatic N) is 2. The van der Waals surface area contributed by atoms with Gasteiger partial charge in [-0.15, -0.1) is 0 Å². The Morgan fingerprint density at radius 1 is 1.16 bits per heavy atom. The van der Waals surface area contributed by atoms with E-state index in [9.17, 15) is 4.79 Å². The number of benzene rings is 1. The Labute approximate surface area is 149 Å². The molecule has 1 amide bonds. The molecule has 1 N–H and O–H groups in total. The number of hydrogen-bond acceptors (Lipinski definition) is 6. The van der Waals surface area contributed by atoms with Gasteiger partial charge in [-0.3, -0.25) is 14.8 Å². The molecular formula is C18H17N3O3S. The van der Waals surface area contributed by atoms with Gasteiger partial charge in [-0.2, -0.15) is 11.3 Å². The summed E-state index contributed by atoms with van der Waals surface area (Å²) in [5.41, 5.74) is 2.86. The van der Waals surface area contributed by atoms with Crippen molar-refractivity contribution in [2.24, 2.45) is 0 Å². The van der Waals surface area contributed by atoms with Crippen LogP contribution in [0.5, 0.6) is 11.5 Å². The number of aromatic nitrogens is 2. The molecule has 0 unspecified atom stereocenters. The fraction of sp³-hybridized carbons (Fsp3) is 0.167. The summed E-state index contributed by atoms with van der Waals surface area (Å²) in [5.74, 6) is 0.644. The van der Waals surface area contributed by atoms with Crippen molar-refractivity contribution in [1.29, 1.82) is 0 Å². The van der Waals surface area contributed by atoms with Crippen molar-refractivity contribution in [3.05, 3.63) is 58.7 Å². The van der Waals surface area contributed by atoms with E-state index >= 15 is 0 Å². The van der Waals surface area contributed by atoms with Crippen LogP contribution in [-0.2, 0) is 6.54 Å². The van der Waals surface area contributed by atoms with Crippen molar-refractivity contribution in [3.63, 3.8) is 0 Å². The summed E-state index contributed by atoms with van der Waals surface area (Å²) in [6.07, 6.45) is 3.26. The monoisotopic (exact) mass is 355 g/mol. The highest BCUT2D eigenvalue weighted by Gasteiger charge is 2.17. The highest BCUT2D eigenvalue weighted by Crippen LogP contribution is 2.30. The van der Waals surface area contributed by atoms with Gasteiger partial charge in [0.05, 0.1) is 37.7 Å². The van der Waals surface area contributed by atoms with Crippen molar-refractivity contribution in [1.82, 2.24) is 15.3 Å². The average molecular weight is 355 g/mol. The van der Waals surface area contributed by atoms with Crippen LogP contribution in [0, 0.1) is 0 Å². The van der Waals surface area contributed by atoms with Gasteiger partial charge in [0.1, 0.15) is 0 Å². The first-order chi connectivity index (χ1) is 12.2. The highest BCUT2D eigenvalue weighted by molar-refractivity contribution is 7.08. The number of nitrogens with one attached hydrogen (secondary N) is 1. The predicted molar refractivity (Wildman–Crippen MR) is 96.1 cm³/mol. The number of para-hydroxylation sites is 1. The molecule has 0 bridgehead atoms. The Hall–Kier alpha value is -2.93. The lowest BCUT2D eigenvalue weighted by atomic mass is 10.1. The summed E-state index contributed by atoms with van der Waals surface area (Å²) in [4.78, 5) is 21.3. The topological polar surface area (TPSA) is 73.3 Å². The third-order valence-electron chi connectivity index (χ3n) is 3.63. The summed E-state index contributed by atoms with van der Waals surface area (Å²) in [6, 6.07) is 7.15. The van der Waals surface area contributed by atoms with Crippen LogP contribution in [0.15, 0.2) is 47.4 Å². The minimum absolute atomic E-state index is 0.262. The van der Waals surface area contributed by atoms with Gasteiger partial charge in [0.15, 0.2) is 11.5 Å². The van der Waals surface area contributed by atoms with Crippen LogP contribution in [0.3, 0.4) is 0 Å². The van der Waals surface area contributed by atoms with Crippen LogP contribution < -0.4 is 14.8 Å². The number of carbonyl (C=O) groups is 1. The third-order valence-corrected chi connectivity index (χ3v) is 4.32. The van der Waals surface area contributed by atoms with E-state index in [2.05, 4.69) is 15.3 Å². The summed E-state index contributed by atoms with van der Waals surface area (Å²) in [7, 11) is 3.04. The van der Waals surface area contributed by atoms with Gasteiger partial charge in [0.25, 0.3) is 5.91 Å². The smallest absolute Gasteiger partial charge is 0.255 e. The second-order valence-electron chi connectivity index (χ2n) is 5.09. The largest absolute Gasteiger partial charge is 0.493 e. The van der Waals surface area contributed by atoms with E-state index in [-0.39, 0.29) is 12.5 Å². The van der Waals surface area contributed by atoms with Crippen LogP contribution in [0.25, 0.3) is 11.3 Å². The van der Waals surface area contributed by atoms with Crippen molar-refractivity contribution >= 4 is 17.2 Å². The van der Waals surface area contributed by atoms with Gasteiger partial charge in [0.2, 0.25) is 0 Å². The van der Waals surface area contributed by atoms with Gasteiger partial charge >= 0.3 is 0 Å². The van der Waals surface area contributed by atoms with Gasteiger partial charge in [-0.1, -0.05) is 6.07 Å². The zero-order valence-electron chi connectivity index (χ0n) is 13.9. The van der Waals surface area contributed by atoms with Crippen molar-refractivity contribution in [2.45, 2.75) is 6.54 Å². The molecule has 3 rings (SSSR count). The Morgan fingerprint density at radius 3 is 2.72 bits per heavy atom. The summed E-state index contributed by atoms with van der Waals surface area (Å²) < 4.78 is 10.5. The lowest BCUT2D eigenvalue weighted by Gasteiger charge is -2.13. The molecule has 0 radical (unpaired) electrons. The van der Waals surface area contributed by atoms with E-state index in [0.29, 0.717) is 22.8 Å². The first-order valence-corrected chi connectivity index (χ1v) is 8.50. The Bertz CT molecular complexity index is 866. The fourth-order valence-electron chi connectivity index (χ4n) is 2.46. The first-order valence-electron chi connectivity index (χ1n) is 7.56. The molecule has 0 spiro atoms. The first kappa shape index (κ1) is 16.9. The Balaban J connectivity index is 1.80. The molecule has 3 aromatic rings. The maximum absolute atomic E-state index is 12.6. The van der Waals surface area contributed by atoms with Crippen molar-refractivity contribution in [3.8, 4) is 22.8 Å². The highest BCUT2D eigenvalue weighted by atomic mass is 32.1. The quantitative estimate of drug-likeness (QED) is 0.735.